The number of nitrogens with one attached hydrogen (secondary N) is 1. The summed E-state index contributed by atoms with van der Waals surface area (Å²) in [6.07, 6.45) is 5.73. The van der Waals surface area contributed by atoms with Crippen molar-refractivity contribution in [3.8, 4) is 0 Å². The lowest BCUT2D eigenvalue weighted by Crippen LogP contribution is -2.29. The molecule has 0 bridgehead atoms. The Hall–Kier alpha value is -1.62. The minimum absolute atomic E-state index is 0.223. The van der Waals surface area contributed by atoms with E-state index < -0.39 is 0 Å². The second-order valence-electron chi connectivity index (χ2n) is 5.02. The normalized spacial score (nSPS) is 17.7. The minimum Gasteiger partial charge on any atom is -0.409 e. The van der Waals surface area contributed by atoms with E-state index in [2.05, 4.69) is 15.5 Å². The molecule has 1 saturated carbocycles. The molecule has 4 N–H and O–H groups in total. The highest BCUT2D eigenvalue weighted by atomic mass is 16.4. The van der Waals surface area contributed by atoms with E-state index in [-0.39, 0.29) is 5.41 Å². The van der Waals surface area contributed by atoms with E-state index in [1.807, 2.05) is 24.4 Å². The summed E-state index contributed by atoms with van der Waals surface area (Å²) >= 11 is 0. The maximum atomic E-state index is 8.58. The smallest absolute Gasteiger partial charge is 0.139 e. The molecule has 0 spiro atoms. The van der Waals surface area contributed by atoms with Crippen LogP contribution in [0.2, 0.25) is 0 Å². The predicted octanol–water partition coefficient (Wildman–Crippen LogP) is 1.13. The zero-order valence-electron chi connectivity index (χ0n) is 10.5. The van der Waals surface area contributed by atoms with E-state index in [1.165, 1.54) is 0 Å². The molecule has 1 aliphatic rings. The van der Waals surface area contributed by atoms with Crippen LogP contribution in [0.5, 0.6) is 0 Å². The van der Waals surface area contributed by atoms with Gasteiger partial charge in [0.2, 0.25) is 0 Å². The van der Waals surface area contributed by atoms with Crippen molar-refractivity contribution < 1.29 is 5.21 Å². The monoisotopic (exact) mass is 248 g/mol. The fourth-order valence-corrected chi connectivity index (χ4v) is 2.13. The minimum atomic E-state index is 0.223. The summed E-state index contributed by atoms with van der Waals surface area (Å²) in [5, 5.41) is 15.1. The molecular weight excluding hydrogens is 228 g/mol. The summed E-state index contributed by atoms with van der Waals surface area (Å²) in [5.41, 5.74) is 6.88. The van der Waals surface area contributed by atoms with Gasteiger partial charge < -0.3 is 16.3 Å². The van der Waals surface area contributed by atoms with Crippen LogP contribution in [0.25, 0.3) is 0 Å². The molecule has 0 radical (unpaired) electrons. The van der Waals surface area contributed by atoms with Crippen LogP contribution < -0.4 is 11.1 Å². The van der Waals surface area contributed by atoms with Gasteiger partial charge in [0, 0.05) is 37.8 Å². The first kappa shape index (κ1) is 12.8. The van der Waals surface area contributed by atoms with Gasteiger partial charge >= 0.3 is 0 Å². The molecule has 98 valence electrons. The van der Waals surface area contributed by atoms with Gasteiger partial charge in [-0.15, -0.1) is 0 Å². The van der Waals surface area contributed by atoms with Crippen LogP contribution in [-0.4, -0.2) is 29.1 Å². The Labute approximate surface area is 107 Å². The zero-order chi connectivity index (χ0) is 12.8. The average molecular weight is 248 g/mol. The topological polar surface area (TPSA) is 83.5 Å². The zero-order valence-corrected chi connectivity index (χ0v) is 10.5. The molecule has 0 saturated heterocycles. The lowest BCUT2D eigenvalue weighted by atomic mass is 10.0. The third-order valence-electron chi connectivity index (χ3n) is 3.43. The first-order valence-electron chi connectivity index (χ1n) is 6.31. The highest BCUT2D eigenvalue weighted by molar-refractivity contribution is 5.80. The van der Waals surface area contributed by atoms with Crippen molar-refractivity contribution >= 4 is 5.84 Å². The molecule has 5 heteroatoms. The molecule has 1 aromatic rings. The van der Waals surface area contributed by atoms with Gasteiger partial charge in [-0.25, -0.2) is 0 Å². The number of nitrogens with zero attached hydrogens (tertiary/aromatic N) is 2. The first-order chi connectivity index (χ1) is 8.74. The predicted molar refractivity (Wildman–Crippen MR) is 70.5 cm³/mol. The number of oxime groups is 1. The summed E-state index contributed by atoms with van der Waals surface area (Å²) in [7, 11) is 0. The molecule has 0 unspecified atom stereocenters. The largest absolute Gasteiger partial charge is 0.409 e. The molecule has 0 aliphatic heterocycles. The third kappa shape index (κ3) is 3.70. The van der Waals surface area contributed by atoms with Crippen LogP contribution in [0.3, 0.4) is 0 Å². The standard InChI is InChI=1S/C13H20N4O/c14-12(17-18)9-13(5-6-13)10-15-8-4-11-3-1-2-7-16-11/h1-3,7,15,18H,4-6,8-10H2,(H2,14,17). The van der Waals surface area contributed by atoms with Gasteiger partial charge in [0.1, 0.15) is 5.84 Å². The Bertz CT molecular complexity index is 401. The Balaban J connectivity index is 1.67. The van der Waals surface area contributed by atoms with Gasteiger partial charge in [-0.1, -0.05) is 11.2 Å². The molecule has 5 nitrogen and oxygen atoms in total. The molecule has 1 aromatic heterocycles. The van der Waals surface area contributed by atoms with Crippen LogP contribution >= 0.6 is 0 Å². The third-order valence-corrected chi connectivity index (χ3v) is 3.43. The molecule has 1 heterocycles. The molecular formula is C13H20N4O. The van der Waals surface area contributed by atoms with E-state index in [9.17, 15) is 0 Å². The highest BCUT2D eigenvalue weighted by Gasteiger charge is 2.42. The van der Waals surface area contributed by atoms with E-state index in [0.717, 1.165) is 38.0 Å². The van der Waals surface area contributed by atoms with E-state index >= 15 is 0 Å². The van der Waals surface area contributed by atoms with Crippen LogP contribution in [0.1, 0.15) is 25.0 Å². The molecule has 2 rings (SSSR count). The molecule has 0 atom stereocenters. The Kier molecular flexibility index (Phi) is 4.15. The number of aromatic nitrogens is 1. The highest BCUT2D eigenvalue weighted by Crippen LogP contribution is 2.48. The Morgan fingerprint density at radius 3 is 2.94 bits per heavy atom. The fourth-order valence-electron chi connectivity index (χ4n) is 2.13. The summed E-state index contributed by atoms with van der Waals surface area (Å²) < 4.78 is 0. The van der Waals surface area contributed by atoms with Crippen molar-refractivity contribution in [2.75, 3.05) is 13.1 Å². The summed E-state index contributed by atoms with van der Waals surface area (Å²) in [6, 6.07) is 5.96. The molecule has 1 fully saturated rings. The number of pyridine rings is 1. The number of rotatable bonds is 7. The van der Waals surface area contributed by atoms with Gasteiger partial charge in [-0.3, -0.25) is 4.98 Å². The van der Waals surface area contributed by atoms with Gasteiger partial charge in [-0.05, 0) is 30.4 Å². The first-order valence-corrected chi connectivity index (χ1v) is 6.31. The maximum Gasteiger partial charge on any atom is 0.139 e. The Morgan fingerprint density at radius 2 is 2.33 bits per heavy atom. The van der Waals surface area contributed by atoms with Crippen LogP contribution in [0, 0.1) is 5.41 Å². The lowest BCUT2D eigenvalue weighted by Gasteiger charge is -2.14. The molecule has 0 amide bonds. The summed E-state index contributed by atoms with van der Waals surface area (Å²) in [4.78, 5) is 4.28. The molecule has 0 aromatic carbocycles. The number of hydrogen-bond donors (Lipinski definition) is 3. The van der Waals surface area contributed by atoms with Crippen LogP contribution in [-0.2, 0) is 6.42 Å². The van der Waals surface area contributed by atoms with Gasteiger partial charge in [-0.2, -0.15) is 0 Å². The van der Waals surface area contributed by atoms with Gasteiger partial charge in [0.15, 0.2) is 0 Å². The SMILES string of the molecule is NC(CC1(CNCCc2ccccn2)CC1)=NO. The number of hydrogen-bond acceptors (Lipinski definition) is 4. The Morgan fingerprint density at radius 1 is 1.50 bits per heavy atom. The summed E-state index contributed by atoms with van der Waals surface area (Å²) in [5.74, 6) is 0.332. The lowest BCUT2D eigenvalue weighted by molar-refractivity contribution is 0.314. The van der Waals surface area contributed by atoms with E-state index in [0.29, 0.717) is 12.3 Å². The second-order valence-corrected chi connectivity index (χ2v) is 5.02. The number of nitrogens with two attached hydrogens (primary N) is 1. The fraction of sp³-hybridized carbons (Fsp3) is 0.538. The van der Waals surface area contributed by atoms with Crippen LogP contribution in [0.15, 0.2) is 29.6 Å². The van der Waals surface area contributed by atoms with Gasteiger partial charge in [0.25, 0.3) is 0 Å². The maximum absolute atomic E-state index is 8.58. The van der Waals surface area contributed by atoms with Crippen molar-refractivity contribution in [1.82, 2.24) is 10.3 Å². The van der Waals surface area contributed by atoms with Crippen molar-refractivity contribution in [1.29, 1.82) is 0 Å². The van der Waals surface area contributed by atoms with Crippen molar-refractivity contribution in [2.45, 2.75) is 25.7 Å². The van der Waals surface area contributed by atoms with Crippen molar-refractivity contribution in [3.63, 3.8) is 0 Å². The molecule has 1 aliphatic carbocycles. The van der Waals surface area contributed by atoms with Crippen LogP contribution in [0.4, 0.5) is 0 Å². The molecule has 18 heavy (non-hydrogen) atoms. The average Bonchev–Trinajstić information content (AvgIpc) is 3.16. The number of amidine groups is 1. The van der Waals surface area contributed by atoms with E-state index in [1.54, 1.807) is 0 Å². The second kappa shape index (κ2) is 5.82. The quantitative estimate of drug-likeness (QED) is 0.222. The summed E-state index contributed by atoms with van der Waals surface area (Å²) in [6.45, 7) is 1.84. The van der Waals surface area contributed by atoms with Crippen molar-refractivity contribution in [3.05, 3.63) is 30.1 Å². The van der Waals surface area contributed by atoms with E-state index in [4.69, 9.17) is 10.9 Å². The van der Waals surface area contributed by atoms with Gasteiger partial charge in [0.05, 0.1) is 0 Å². The van der Waals surface area contributed by atoms with Crippen molar-refractivity contribution in [2.24, 2.45) is 16.3 Å².